The number of nitrogens with zero attached hydrogens (tertiary/aromatic N) is 1. The van der Waals surface area contributed by atoms with E-state index in [0.717, 1.165) is 30.4 Å². The van der Waals surface area contributed by atoms with Gasteiger partial charge in [-0.25, -0.2) is 0 Å². The summed E-state index contributed by atoms with van der Waals surface area (Å²) in [5, 5.41) is 3.94. The number of nitrogens with one attached hydrogen (secondary N) is 1. The van der Waals surface area contributed by atoms with Gasteiger partial charge in [-0.2, -0.15) is 0 Å². The Kier molecular flexibility index (Phi) is 3.23. The molecule has 0 saturated heterocycles. The Morgan fingerprint density at radius 3 is 2.73 bits per heavy atom. The normalized spacial score (nSPS) is 17.1. The molecule has 3 N–H and O–H groups in total. The lowest BCUT2D eigenvalue weighted by Crippen LogP contribution is -2.39. The highest BCUT2D eigenvalue weighted by Crippen LogP contribution is 2.11. The number of amidine groups is 1. The summed E-state index contributed by atoms with van der Waals surface area (Å²) in [4.78, 5) is 4.30. The van der Waals surface area contributed by atoms with Gasteiger partial charge in [-0.15, -0.1) is 0 Å². The average Bonchev–Trinajstić information content (AvgIpc) is 2.74. The smallest absolute Gasteiger partial charge is 0.114 e. The van der Waals surface area contributed by atoms with E-state index >= 15 is 0 Å². The molecule has 1 aliphatic rings. The Hall–Kier alpha value is -1.06. The third kappa shape index (κ3) is 2.70. The lowest BCUT2D eigenvalue weighted by molar-refractivity contribution is 0.819. The van der Waals surface area contributed by atoms with Crippen molar-refractivity contribution in [3.63, 3.8) is 0 Å². The number of rotatable bonds is 3. The van der Waals surface area contributed by atoms with Gasteiger partial charge in [-0.1, -0.05) is 23.7 Å². The molecule has 2 rings (SSSR count). The molecule has 1 aromatic carbocycles. The van der Waals surface area contributed by atoms with Crippen molar-refractivity contribution >= 4 is 17.4 Å². The van der Waals surface area contributed by atoms with Gasteiger partial charge in [0.25, 0.3) is 0 Å². The molecule has 1 heterocycles. The van der Waals surface area contributed by atoms with E-state index in [9.17, 15) is 0 Å². The molecule has 80 valence electrons. The van der Waals surface area contributed by atoms with Crippen LogP contribution in [0.3, 0.4) is 0 Å². The summed E-state index contributed by atoms with van der Waals surface area (Å²) in [5.74, 6) is 0.921. The summed E-state index contributed by atoms with van der Waals surface area (Å²) in [6.07, 6.45) is 0.795. The van der Waals surface area contributed by atoms with Crippen molar-refractivity contribution in [1.29, 1.82) is 0 Å². The van der Waals surface area contributed by atoms with Crippen LogP contribution >= 0.6 is 11.6 Å². The maximum atomic E-state index is 6.02. The molecule has 0 saturated carbocycles. The molecule has 3 nitrogen and oxygen atoms in total. The first-order valence-electron chi connectivity index (χ1n) is 5.04. The van der Waals surface area contributed by atoms with Crippen molar-refractivity contribution in [3.05, 3.63) is 34.9 Å². The highest BCUT2D eigenvalue weighted by atomic mass is 35.5. The minimum Gasteiger partial charge on any atom is -0.371 e. The van der Waals surface area contributed by atoms with Gasteiger partial charge in [0, 0.05) is 11.6 Å². The fourth-order valence-electron chi connectivity index (χ4n) is 1.64. The maximum absolute atomic E-state index is 6.02. The van der Waals surface area contributed by atoms with Crippen molar-refractivity contribution < 1.29 is 0 Å². The van der Waals surface area contributed by atoms with Crippen LogP contribution in [0.2, 0.25) is 5.02 Å². The molecular formula is C11H14ClN3. The summed E-state index contributed by atoms with van der Waals surface area (Å²) in [7, 11) is 0. The minimum absolute atomic E-state index is 0.0336. The molecule has 1 atom stereocenters. The Labute approximate surface area is 94.3 Å². The van der Waals surface area contributed by atoms with E-state index in [1.807, 2.05) is 24.3 Å². The number of benzene rings is 1. The second-order valence-corrected chi connectivity index (χ2v) is 4.07. The quantitative estimate of drug-likeness (QED) is 0.810. The molecule has 0 bridgehead atoms. The van der Waals surface area contributed by atoms with E-state index in [0.29, 0.717) is 0 Å². The van der Waals surface area contributed by atoms with Crippen molar-refractivity contribution in [2.45, 2.75) is 12.5 Å². The average molecular weight is 224 g/mol. The van der Waals surface area contributed by atoms with Gasteiger partial charge in [-0.3, -0.25) is 4.99 Å². The van der Waals surface area contributed by atoms with Gasteiger partial charge >= 0.3 is 0 Å². The highest BCUT2D eigenvalue weighted by Gasteiger charge is 2.14. The van der Waals surface area contributed by atoms with Gasteiger partial charge < -0.3 is 11.1 Å². The molecule has 0 radical (unpaired) electrons. The standard InChI is InChI=1S/C11H14ClN3/c12-9-3-1-8(2-4-9)7-10(13)11-14-5-6-15-11/h1-4,10H,5-7,13H2,(H,14,15). The van der Waals surface area contributed by atoms with Crippen LogP contribution in [0, 0.1) is 0 Å². The number of aliphatic imine (C=N–C) groups is 1. The predicted molar refractivity (Wildman–Crippen MR) is 63.4 cm³/mol. The summed E-state index contributed by atoms with van der Waals surface area (Å²) >= 11 is 5.81. The van der Waals surface area contributed by atoms with Crippen LogP contribution in [-0.4, -0.2) is 25.0 Å². The van der Waals surface area contributed by atoms with Crippen LogP contribution in [0.25, 0.3) is 0 Å². The van der Waals surface area contributed by atoms with Crippen LogP contribution in [0.1, 0.15) is 5.56 Å². The van der Waals surface area contributed by atoms with E-state index < -0.39 is 0 Å². The van der Waals surface area contributed by atoms with E-state index in [1.54, 1.807) is 0 Å². The van der Waals surface area contributed by atoms with Crippen LogP contribution < -0.4 is 11.1 Å². The molecular weight excluding hydrogens is 210 g/mol. The van der Waals surface area contributed by atoms with Crippen LogP contribution in [-0.2, 0) is 6.42 Å². The highest BCUT2D eigenvalue weighted by molar-refractivity contribution is 6.30. The molecule has 0 aliphatic carbocycles. The number of nitrogens with two attached hydrogens (primary N) is 1. The van der Waals surface area contributed by atoms with E-state index in [2.05, 4.69) is 10.3 Å². The molecule has 1 unspecified atom stereocenters. The first kappa shape index (κ1) is 10.5. The van der Waals surface area contributed by atoms with Gasteiger partial charge in [-0.05, 0) is 24.1 Å². The Bertz CT molecular complexity index is 359. The van der Waals surface area contributed by atoms with Crippen LogP contribution in [0.15, 0.2) is 29.3 Å². The third-order valence-electron chi connectivity index (χ3n) is 2.42. The molecule has 4 heteroatoms. The van der Waals surface area contributed by atoms with E-state index in [-0.39, 0.29) is 6.04 Å². The van der Waals surface area contributed by atoms with Gasteiger partial charge in [0.05, 0.1) is 12.6 Å². The molecule has 0 spiro atoms. The molecule has 0 fully saturated rings. The zero-order chi connectivity index (χ0) is 10.7. The second-order valence-electron chi connectivity index (χ2n) is 3.63. The minimum atomic E-state index is -0.0336. The summed E-state index contributed by atoms with van der Waals surface area (Å²) in [5.41, 5.74) is 7.21. The first-order chi connectivity index (χ1) is 7.25. The Morgan fingerprint density at radius 2 is 2.13 bits per heavy atom. The summed E-state index contributed by atoms with van der Waals surface area (Å²) < 4.78 is 0. The molecule has 0 amide bonds. The van der Waals surface area contributed by atoms with Gasteiger partial charge in [0.1, 0.15) is 5.84 Å². The summed E-state index contributed by atoms with van der Waals surface area (Å²) in [6.45, 7) is 1.74. The number of hydrogen-bond acceptors (Lipinski definition) is 3. The maximum Gasteiger partial charge on any atom is 0.114 e. The second kappa shape index (κ2) is 4.64. The first-order valence-corrected chi connectivity index (χ1v) is 5.42. The van der Waals surface area contributed by atoms with E-state index in [1.165, 1.54) is 5.56 Å². The van der Waals surface area contributed by atoms with Crippen molar-refractivity contribution in [1.82, 2.24) is 5.32 Å². The van der Waals surface area contributed by atoms with Gasteiger partial charge in [0.2, 0.25) is 0 Å². The fourth-order valence-corrected chi connectivity index (χ4v) is 1.76. The zero-order valence-electron chi connectivity index (χ0n) is 8.41. The monoisotopic (exact) mass is 223 g/mol. The van der Waals surface area contributed by atoms with Crippen LogP contribution in [0.4, 0.5) is 0 Å². The lowest BCUT2D eigenvalue weighted by Gasteiger charge is -2.12. The Balaban J connectivity index is 1.99. The van der Waals surface area contributed by atoms with Crippen molar-refractivity contribution in [2.75, 3.05) is 13.1 Å². The number of hydrogen-bond donors (Lipinski definition) is 2. The Morgan fingerprint density at radius 1 is 1.40 bits per heavy atom. The number of halogens is 1. The molecule has 0 aromatic heterocycles. The topological polar surface area (TPSA) is 50.4 Å². The van der Waals surface area contributed by atoms with E-state index in [4.69, 9.17) is 17.3 Å². The largest absolute Gasteiger partial charge is 0.371 e. The molecule has 1 aliphatic heterocycles. The van der Waals surface area contributed by atoms with Crippen molar-refractivity contribution in [3.8, 4) is 0 Å². The van der Waals surface area contributed by atoms with Gasteiger partial charge in [0.15, 0.2) is 0 Å². The zero-order valence-corrected chi connectivity index (χ0v) is 9.17. The van der Waals surface area contributed by atoms with Crippen LogP contribution in [0.5, 0.6) is 0 Å². The molecule has 1 aromatic rings. The fraction of sp³-hybridized carbons (Fsp3) is 0.364. The van der Waals surface area contributed by atoms with Crippen molar-refractivity contribution in [2.24, 2.45) is 10.7 Å². The SMILES string of the molecule is NC(Cc1ccc(Cl)cc1)C1=NCCN1. The molecule has 15 heavy (non-hydrogen) atoms. The lowest BCUT2D eigenvalue weighted by atomic mass is 10.1. The predicted octanol–water partition coefficient (Wildman–Crippen LogP) is 1.21. The third-order valence-corrected chi connectivity index (χ3v) is 2.67. The summed E-state index contributed by atoms with van der Waals surface area (Å²) in [6, 6.07) is 7.73.